The Bertz CT molecular complexity index is 296. The quantitative estimate of drug-likeness (QED) is 0.477. The molecular formula is C8H8INO. The Kier molecular flexibility index (Phi) is 2.49. The van der Waals surface area contributed by atoms with Gasteiger partial charge in [-0.15, -0.1) is 0 Å². The van der Waals surface area contributed by atoms with E-state index < -0.39 is 0 Å². The van der Waals surface area contributed by atoms with Crippen molar-refractivity contribution in [3.05, 3.63) is 26.8 Å². The molecule has 0 radical (unpaired) electrons. The number of rotatable bonds is 1. The van der Waals surface area contributed by atoms with Crippen molar-refractivity contribution >= 4 is 34.6 Å². The second kappa shape index (κ2) is 3.21. The van der Waals surface area contributed by atoms with Crippen molar-refractivity contribution < 1.29 is 4.79 Å². The second-order valence-corrected chi connectivity index (χ2v) is 3.59. The van der Waals surface area contributed by atoms with Crippen molar-refractivity contribution in [3.8, 4) is 0 Å². The molecule has 0 spiro atoms. The van der Waals surface area contributed by atoms with Gasteiger partial charge in [0.1, 0.15) is 0 Å². The monoisotopic (exact) mass is 261 g/mol. The number of halogens is 1. The number of aryl methyl sites for hydroxylation is 1. The first kappa shape index (κ1) is 8.52. The van der Waals surface area contributed by atoms with E-state index in [4.69, 9.17) is 5.73 Å². The molecule has 0 atom stereocenters. The lowest BCUT2D eigenvalue weighted by Crippen LogP contribution is -1.96. The lowest BCUT2D eigenvalue weighted by molar-refractivity contribution is 0.112. The highest BCUT2D eigenvalue weighted by Crippen LogP contribution is 2.18. The van der Waals surface area contributed by atoms with Gasteiger partial charge >= 0.3 is 0 Å². The summed E-state index contributed by atoms with van der Waals surface area (Å²) < 4.78 is 1.04. The lowest BCUT2D eigenvalue weighted by atomic mass is 10.1. The Morgan fingerprint density at radius 1 is 1.55 bits per heavy atom. The minimum absolute atomic E-state index is 0.578. The smallest absolute Gasteiger partial charge is 0.152 e. The fourth-order valence-electron chi connectivity index (χ4n) is 0.878. The molecule has 2 nitrogen and oxygen atoms in total. The van der Waals surface area contributed by atoms with Gasteiger partial charge in [0, 0.05) is 14.8 Å². The van der Waals surface area contributed by atoms with Gasteiger partial charge in [0.2, 0.25) is 0 Å². The molecule has 0 aliphatic carbocycles. The fourth-order valence-corrected chi connectivity index (χ4v) is 1.68. The fraction of sp³-hybridized carbons (Fsp3) is 0.125. The molecule has 0 saturated carbocycles. The van der Waals surface area contributed by atoms with Crippen LogP contribution in [-0.4, -0.2) is 6.29 Å². The van der Waals surface area contributed by atoms with Gasteiger partial charge in [-0.2, -0.15) is 0 Å². The van der Waals surface area contributed by atoms with Gasteiger partial charge in [-0.25, -0.2) is 0 Å². The van der Waals surface area contributed by atoms with Crippen LogP contribution in [0.4, 0.5) is 5.69 Å². The third-order valence-electron chi connectivity index (χ3n) is 1.51. The number of hydrogen-bond acceptors (Lipinski definition) is 2. The molecule has 0 amide bonds. The largest absolute Gasteiger partial charge is 0.398 e. The van der Waals surface area contributed by atoms with Crippen molar-refractivity contribution in [2.45, 2.75) is 6.92 Å². The first-order valence-electron chi connectivity index (χ1n) is 3.16. The number of anilines is 1. The molecule has 3 heteroatoms. The van der Waals surface area contributed by atoms with Gasteiger partial charge in [-0.3, -0.25) is 4.79 Å². The number of nitrogen functional groups attached to an aromatic ring is 1. The molecule has 1 aromatic carbocycles. The number of aldehydes is 1. The Morgan fingerprint density at radius 3 is 2.73 bits per heavy atom. The predicted octanol–water partition coefficient (Wildman–Crippen LogP) is 1.99. The minimum Gasteiger partial charge on any atom is -0.398 e. The highest BCUT2D eigenvalue weighted by Gasteiger charge is 2.01. The van der Waals surface area contributed by atoms with Gasteiger partial charge in [0.05, 0.1) is 0 Å². The zero-order valence-corrected chi connectivity index (χ0v) is 8.25. The van der Waals surface area contributed by atoms with Crippen LogP contribution in [0.3, 0.4) is 0 Å². The Hall–Kier alpha value is -0.580. The molecule has 0 aliphatic rings. The van der Waals surface area contributed by atoms with Gasteiger partial charge < -0.3 is 5.73 Å². The summed E-state index contributed by atoms with van der Waals surface area (Å²) in [5.74, 6) is 0. The summed E-state index contributed by atoms with van der Waals surface area (Å²) in [6.45, 7) is 1.89. The molecule has 0 aromatic heterocycles. The molecule has 0 fully saturated rings. The maximum atomic E-state index is 10.4. The zero-order chi connectivity index (χ0) is 8.43. The molecule has 0 saturated heterocycles. The minimum atomic E-state index is 0.578. The predicted molar refractivity (Wildman–Crippen MR) is 53.7 cm³/mol. The Balaban J connectivity index is 3.35. The van der Waals surface area contributed by atoms with E-state index in [1.165, 1.54) is 0 Å². The van der Waals surface area contributed by atoms with Crippen molar-refractivity contribution in [2.75, 3.05) is 5.73 Å². The molecule has 2 N–H and O–H groups in total. The first-order valence-corrected chi connectivity index (χ1v) is 4.24. The number of benzene rings is 1. The van der Waals surface area contributed by atoms with E-state index in [1.807, 2.05) is 13.0 Å². The topological polar surface area (TPSA) is 43.1 Å². The third kappa shape index (κ3) is 1.71. The van der Waals surface area contributed by atoms with Crippen LogP contribution in [0.1, 0.15) is 15.9 Å². The Labute approximate surface area is 78.9 Å². The molecule has 0 aliphatic heterocycles. The summed E-state index contributed by atoms with van der Waals surface area (Å²) in [7, 11) is 0. The van der Waals surface area contributed by atoms with E-state index in [-0.39, 0.29) is 0 Å². The zero-order valence-electron chi connectivity index (χ0n) is 6.10. The van der Waals surface area contributed by atoms with Gasteiger partial charge in [0.25, 0.3) is 0 Å². The van der Waals surface area contributed by atoms with Crippen LogP contribution < -0.4 is 5.73 Å². The summed E-state index contributed by atoms with van der Waals surface area (Å²) in [6.07, 6.45) is 0.782. The summed E-state index contributed by atoms with van der Waals surface area (Å²) in [4.78, 5) is 10.4. The number of carbonyl (C=O) groups is 1. The summed E-state index contributed by atoms with van der Waals surface area (Å²) in [5, 5.41) is 0. The van der Waals surface area contributed by atoms with E-state index in [1.54, 1.807) is 6.07 Å². The van der Waals surface area contributed by atoms with Crippen LogP contribution in [0.5, 0.6) is 0 Å². The molecule has 0 unspecified atom stereocenters. The van der Waals surface area contributed by atoms with Crippen LogP contribution in [0, 0.1) is 10.5 Å². The molecule has 58 valence electrons. The van der Waals surface area contributed by atoms with Crippen LogP contribution in [-0.2, 0) is 0 Å². The van der Waals surface area contributed by atoms with Crippen LogP contribution in [0.15, 0.2) is 12.1 Å². The average Bonchev–Trinajstić information content (AvgIpc) is 1.96. The van der Waals surface area contributed by atoms with Crippen LogP contribution in [0.25, 0.3) is 0 Å². The third-order valence-corrected chi connectivity index (χ3v) is 2.13. The van der Waals surface area contributed by atoms with E-state index in [0.717, 1.165) is 15.4 Å². The van der Waals surface area contributed by atoms with Crippen LogP contribution in [0.2, 0.25) is 0 Å². The van der Waals surface area contributed by atoms with Gasteiger partial charge in [0.15, 0.2) is 6.29 Å². The van der Waals surface area contributed by atoms with Crippen molar-refractivity contribution in [1.29, 1.82) is 0 Å². The SMILES string of the molecule is Cc1cc(I)cc(C=O)c1N. The highest BCUT2D eigenvalue weighted by molar-refractivity contribution is 14.1. The lowest BCUT2D eigenvalue weighted by Gasteiger charge is -2.02. The standard InChI is InChI=1S/C8H8INO/c1-5-2-7(9)3-6(4-11)8(5)10/h2-4H,10H2,1H3. The van der Waals surface area contributed by atoms with Crippen molar-refractivity contribution in [3.63, 3.8) is 0 Å². The average molecular weight is 261 g/mol. The maximum absolute atomic E-state index is 10.4. The second-order valence-electron chi connectivity index (χ2n) is 2.34. The molecule has 11 heavy (non-hydrogen) atoms. The molecule has 1 rings (SSSR count). The number of hydrogen-bond donors (Lipinski definition) is 1. The molecular weight excluding hydrogens is 253 g/mol. The first-order chi connectivity index (χ1) is 5.15. The molecule has 0 heterocycles. The number of carbonyl (C=O) groups excluding carboxylic acids is 1. The normalized spacial score (nSPS) is 9.64. The van der Waals surface area contributed by atoms with Crippen LogP contribution >= 0.6 is 22.6 Å². The van der Waals surface area contributed by atoms with Gasteiger partial charge in [-0.05, 0) is 47.2 Å². The van der Waals surface area contributed by atoms with E-state index in [2.05, 4.69) is 22.6 Å². The van der Waals surface area contributed by atoms with Crippen molar-refractivity contribution in [2.24, 2.45) is 0 Å². The van der Waals surface area contributed by atoms with Crippen molar-refractivity contribution in [1.82, 2.24) is 0 Å². The number of nitrogens with two attached hydrogens (primary N) is 1. The maximum Gasteiger partial charge on any atom is 0.152 e. The summed E-state index contributed by atoms with van der Waals surface area (Å²) >= 11 is 2.16. The molecule has 1 aromatic rings. The highest BCUT2D eigenvalue weighted by atomic mass is 127. The van der Waals surface area contributed by atoms with E-state index in [9.17, 15) is 4.79 Å². The summed E-state index contributed by atoms with van der Waals surface area (Å²) in [6, 6.07) is 3.72. The summed E-state index contributed by atoms with van der Waals surface area (Å²) in [5.41, 5.74) is 7.75. The van der Waals surface area contributed by atoms with E-state index >= 15 is 0 Å². The Morgan fingerprint density at radius 2 is 2.18 bits per heavy atom. The van der Waals surface area contributed by atoms with Gasteiger partial charge in [-0.1, -0.05) is 0 Å². The molecule has 0 bridgehead atoms. The van der Waals surface area contributed by atoms with E-state index in [0.29, 0.717) is 11.3 Å².